The average Bonchev–Trinajstić information content (AvgIpc) is 3.34. The maximum absolute atomic E-state index is 11.8. The third-order valence-electron chi connectivity index (χ3n) is 3.59. The summed E-state index contributed by atoms with van der Waals surface area (Å²) in [5, 5.41) is 7.67. The Hall–Kier alpha value is -2.14. The van der Waals surface area contributed by atoms with Crippen molar-refractivity contribution in [1.29, 1.82) is 0 Å². The van der Waals surface area contributed by atoms with E-state index in [1.165, 1.54) is 31.6 Å². The fraction of sp³-hybridized carbons (Fsp3) is 0.312. The summed E-state index contributed by atoms with van der Waals surface area (Å²) >= 11 is 5.78. The Morgan fingerprint density at radius 2 is 2.05 bits per heavy atom. The van der Waals surface area contributed by atoms with Gasteiger partial charge in [0.05, 0.1) is 7.11 Å². The molecule has 0 bridgehead atoms. The number of halogens is 1. The van der Waals surface area contributed by atoms with Gasteiger partial charge in [-0.1, -0.05) is 23.7 Å². The lowest BCUT2D eigenvalue weighted by Crippen LogP contribution is -2.06. The first kappa shape index (κ1) is 14.8. The van der Waals surface area contributed by atoms with Crippen LogP contribution in [0.2, 0.25) is 5.15 Å². The SMILES string of the molecule is COC(=O)c1cc(Cl)nnc1Oc1ccc(C2CC2)cc1C. The van der Waals surface area contributed by atoms with E-state index in [-0.39, 0.29) is 16.6 Å². The van der Waals surface area contributed by atoms with Crippen molar-refractivity contribution in [2.24, 2.45) is 0 Å². The summed E-state index contributed by atoms with van der Waals surface area (Å²) in [6.45, 7) is 1.96. The van der Waals surface area contributed by atoms with Crippen LogP contribution in [0.15, 0.2) is 24.3 Å². The minimum atomic E-state index is -0.570. The number of carbonyl (C=O) groups is 1. The van der Waals surface area contributed by atoms with Crippen molar-refractivity contribution in [1.82, 2.24) is 10.2 Å². The number of aryl methyl sites for hydroxylation is 1. The van der Waals surface area contributed by atoms with Crippen LogP contribution in [0.4, 0.5) is 0 Å². The minimum Gasteiger partial charge on any atom is -0.465 e. The standard InChI is InChI=1S/C16H15ClN2O3/c1-9-7-11(10-3-4-10)5-6-13(9)22-15-12(16(20)21-2)8-14(17)18-19-15/h5-8,10H,3-4H2,1-2H3. The highest BCUT2D eigenvalue weighted by molar-refractivity contribution is 6.29. The Bertz CT molecular complexity index is 729. The molecule has 5 nitrogen and oxygen atoms in total. The fourth-order valence-electron chi connectivity index (χ4n) is 2.25. The Labute approximate surface area is 133 Å². The zero-order chi connectivity index (χ0) is 15.7. The molecule has 1 aromatic carbocycles. The van der Waals surface area contributed by atoms with Crippen LogP contribution < -0.4 is 4.74 Å². The smallest absolute Gasteiger partial charge is 0.343 e. The number of methoxy groups -OCH3 is 1. The molecular weight excluding hydrogens is 304 g/mol. The van der Waals surface area contributed by atoms with Gasteiger partial charge in [-0.05, 0) is 48.9 Å². The van der Waals surface area contributed by atoms with Gasteiger partial charge < -0.3 is 9.47 Å². The van der Waals surface area contributed by atoms with Gasteiger partial charge in [0.15, 0.2) is 5.15 Å². The van der Waals surface area contributed by atoms with E-state index in [9.17, 15) is 4.79 Å². The van der Waals surface area contributed by atoms with Crippen LogP contribution in [0.3, 0.4) is 0 Å². The van der Waals surface area contributed by atoms with Gasteiger partial charge in [0.1, 0.15) is 11.3 Å². The molecule has 2 aromatic rings. The third-order valence-corrected chi connectivity index (χ3v) is 3.77. The number of carbonyl (C=O) groups excluding carboxylic acids is 1. The summed E-state index contributed by atoms with van der Waals surface area (Å²) in [5.41, 5.74) is 2.45. The topological polar surface area (TPSA) is 61.3 Å². The molecule has 1 saturated carbocycles. The Morgan fingerprint density at radius 1 is 1.27 bits per heavy atom. The molecule has 1 aliphatic rings. The molecule has 114 valence electrons. The fourth-order valence-corrected chi connectivity index (χ4v) is 2.40. The van der Waals surface area contributed by atoms with Crippen molar-refractivity contribution in [3.05, 3.63) is 46.1 Å². The Morgan fingerprint density at radius 3 is 2.68 bits per heavy atom. The Kier molecular flexibility index (Phi) is 3.98. The number of rotatable bonds is 4. The zero-order valence-corrected chi connectivity index (χ0v) is 13.1. The van der Waals surface area contributed by atoms with Gasteiger partial charge in [0, 0.05) is 0 Å². The second kappa shape index (κ2) is 5.93. The van der Waals surface area contributed by atoms with Crippen LogP contribution in [0, 0.1) is 6.92 Å². The minimum absolute atomic E-state index is 0.0820. The van der Waals surface area contributed by atoms with E-state index in [0.29, 0.717) is 11.7 Å². The molecule has 0 amide bonds. The summed E-state index contributed by atoms with van der Waals surface area (Å²) < 4.78 is 10.5. The lowest BCUT2D eigenvalue weighted by molar-refractivity contribution is 0.0596. The quantitative estimate of drug-likeness (QED) is 0.800. The monoisotopic (exact) mass is 318 g/mol. The van der Waals surface area contributed by atoms with Crippen molar-refractivity contribution in [3.63, 3.8) is 0 Å². The van der Waals surface area contributed by atoms with E-state index < -0.39 is 5.97 Å². The van der Waals surface area contributed by atoms with Crippen LogP contribution in [0.5, 0.6) is 11.6 Å². The van der Waals surface area contributed by atoms with E-state index in [4.69, 9.17) is 21.1 Å². The van der Waals surface area contributed by atoms with Crippen LogP contribution in [-0.2, 0) is 4.74 Å². The van der Waals surface area contributed by atoms with Crippen molar-refractivity contribution < 1.29 is 14.3 Å². The van der Waals surface area contributed by atoms with Crippen LogP contribution in [-0.4, -0.2) is 23.3 Å². The number of hydrogen-bond donors (Lipinski definition) is 0. The first-order valence-corrected chi connectivity index (χ1v) is 7.36. The molecule has 0 radical (unpaired) electrons. The second-order valence-corrected chi connectivity index (χ2v) is 5.67. The summed E-state index contributed by atoms with van der Waals surface area (Å²) in [7, 11) is 1.29. The predicted molar refractivity (Wildman–Crippen MR) is 81.6 cm³/mol. The molecule has 0 atom stereocenters. The van der Waals surface area contributed by atoms with E-state index in [1.807, 2.05) is 19.1 Å². The highest BCUT2D eigenvalue weighted by Crippen LogP contribution is 2.41. The predicted octanol–water partition coefficient (Wildman–Crippen LogP) is 3.89. The van der Waals surface area contributed by atoms with Gasteiger partial charge in [0.2, 0.25) is 0 Å². The maximum atomic E-state index is 11.8. The summed E-state index contributed by atoms with van der Waals surface area (Å²) in [5.74, 6) is 0.817. The molecule has 0 saturated heterocycles. The van der Waals surface area contributed by atoms with Crippen molar-refractivity contribution in [2.45, 2.75) is 25.7 Å². The summed E-state index contributed by atoms with van der Waals surface area (Å²) in [6.07, 6.45) is 2.49. The number of benzene rings is 1. The van der Waals surface area contributed by atoms with Gasteiger partial charge in [0.25, 0.3) is 5.88 Å². The highest BCUT2D eigenvalue weighted by Gasteiger charge is 2.24. The van der Waals surface area contributed by atoms with Crippen molar-refractivity contribution >= 4 is 17.6 Å². The first-order chi connectivity index (χ1) is 10.6. The maximum Gasteiger partial charge on any atom is 0.343 e. The molecule has 22 heavy (non-hydrogen) atoms. The zero-order valence-electron chi connectivity index (χ0n) is 12.3. The number of hydrogen-bond acceptors (Lipinski definition) is 5. The molecule has 6 heteroatoms. The third kappa shape index (κ3) is 3.04. The van der Waals surface area contributed by atoms with E-state index in [2.05, 4.69) is 16.3 Å². The molecule has 0 spiro atoms. The van der Waals surface area contributed by atoms with E-state index >= 15 is 0 Å². The molecular formula is C16H15ClN2O3. The Balaban J connectivity index is 1.91. The van der Waals surface area contributed by atoms with Crippen LogP contribution in [0.1, 0.15) is 40.2 Å². The van der Waals surface area contributed by atoms with Crippen molar-refractivity contribution in [3.8, 4) is 11.6 Å². The molecule has 0 unspecified atom stereocenters. The lowest BCUT2D eigenvalue weighted by Gasteiger charge is -2.11. The van der Waals surface area contributed by atoms with E-state index in [1.54, 1.807) is 0 Å². The molecule has 0 aliphatic heterocycles. The largest absolute Gasteiger partial charge is 0.465 e. The van der Waals surface area contributed by atoms with Gasteiger partial charge in [-0.3, -0.25) is 0 Å². The number of ether oxygens (including phenoxy) is 2. The summed E-state index contributed by atoms with van der Waals surface area (Å²) in [6, 6.07) is 7.42. The van der Waals surface area contributed by atoms with Gasteiger partial charge in [-0.15, -0.1) is 10.2 Å². The first-order valence-electron chi connectivity index (χ1n) is 6.98. The second-order valence-electron chi connectivity index (χ2n) is 5.28. The van der Waals surface area contributed by atoms with E-state index in [0.717, 1.165) is 5.56 Å². The van der Waals surface area contributed by atoms with Crippen LogP contribution in [0.25, 0.3) is 0 Å². The molecule has 1 heterocycles. The molecule has 3 rings (SSSR count). The molecule has 1 aromatic heterocycles. The number of nitrogens with zero attached hydrogens (tertiary/aromatic N) is 2. The number of aromatic nitrogens is 2. The average molecular weight is 319 g/mol. The number of esters is 1. The summed E-state index contributed by atoms with van der Waals surface area (Å²) in [4.78, 5) is 11.8. The molecule has 1 fully saturated rings. The normalized spacial score (nSPS) is 13.8. The lowest BCUT2D eigenvalue weighted by atomic mass is 10.1. The van der Waals surface area contributed by atoms with Crippen molar-refractivity contribution in [2.75, 3.05) is 7.11 Å². The highest BCUT2D eigenvalue weighted by atomic mass is 35.5. The van der Waals surface area contributed by atoms with Gasteiger partial charge >= 0.3 is 5.97 Å². The van der Waals surface area contributed by atoms with Gasteiger partial charge in [-0.2, -0.15) is 0 Å². The van der Waals surface area contributed by atoms with Crippen LogP contribution >= 0.6 is 11.6 Å². The molecule has 0 N–H and O–H groups in total. The van der Waals surface area contributed by atoms with Gasteiger partial charge in [-0.25, -0.2) is 4.79 Å². The molecule has 1 aliphatic carbocycles.